The lowest BCUT2D eigenvalue weighted by Crippen LogP contribution is -2.53. The second-order valence-electron chi connectivity index (χ2n) is 6.60. The van der Waals surface area contributed by atoms with Crippen molar-refractivity contribution in [3.63, 3.8) is 0 Å². The summed E-state index contributed by atoms with van der Waals surface area (Å²) in [6, 6.07) is 4.62. The predicted molar refractivity (Wildman–Crippen MR) is 98.1 cm³/mol. The quantitative estimate of drug-likeness (QED) is 0.640. The van der Waals surface area contributed by atoms with Crippen molar-refractivity contribution in [1.82, 2.24) is 4.90 Å². The maximum Gasteiger partial charge on any atom is 0.338 e. The van der Waals surface area contributed by atoms with Crippen molar-refractivity contribution in [1.29, 1.82) is 5.26 Å². The first-order valence-electron chi connectivity index (χ1n) is 8.43. The molecule has 3 rings (SSSR count). The van der Waals surface area contributed by atoms with Crippen molar-refractivity contribution in [2.45, 2.75) is 38.5 Å². The summed E-state index contributed by atoms with van der Waals surface area (Å²) in [6.45, 7) is 6.31. The molecule has 2 aliphatic rings. The van der Waals surface area contributed by atoms with Crippen molar-refractivity contribution in [2.75, 3.05) is 18.9 Å². The number of thioether (sulfide) groups is 1. The normalized spacial score (nSPS) is 25.3. The van der Waals surface area contributed by atoms with Gasteiger partial charge in [0.1, 0.15) is 17.5 Å². The number of rotatable bonds is 3. The molecule has 2 atom stereocenters. The molecule has 2 unspecified atom stereocenters. The molecule has 138 valence electrons. The van der Waals surface area contributed by atoms with Gasteiger partial charge < -0.3 is 19.5 Å². The molecule has 7 nitrogen and oxygen atoms in total. The molecule has 2 heterocycles. The summed E-state index contributed by atoms with van der Waals surface area (Å²) in [7, 11) is 0. The molecule has 1 N–H and O–H groups in total. The van der Waals surface area contributed by atoms with Crippen molar-refractivity contribution in [3.8, 4) is 11.9 Å². The van der Waals surface area contributed by atoms with Crippen LogP contribution in [0.1, 0.15) is 42.7 Å². The van der Waals surface area contributed by atoms with Gasteiger partial charge in [0, 0.05) is 17.9 Å². The van der Waals surface area contributed by atoms with Gasteiger partial charge >= 0.3 is 5.97 Å². The second kappa shape index (κ2) is 7.17. The van der Waals surface area contributed by atoms with Gasteiger partial charge in [-0.1, -0.05) is 11.8 Å². The Morgan fingerprint density at radius 3 is 3.04 bits per heavy atom. The van der Waals surface area contributed by atoms with Crippen LogP contribution in [0.25, 0.3) is 0 Å². The minimum atomic E-state index is -0.866. The van der Waals surface area contributed by atoms with Crippen LogP contribution in [0.4, 0.5) is 0 Å². The Balaban J connectivity index is 2.09. The van der Waals surface area contributed by atoms with Crippen LogP contribution < -0.4 is 4.74 Å². The molecule has 0 bridgehead atoms. The number of fused-ring (bicyclic) bond motifs is 1. The Morgan fingerprint density at radius 1 is 1.58 bits per heavy atom. The number of nitriles is 1. The van der Waals surface area contributed by atoms with Gasteiger partial charge in [-0.15, -0.1) is 4.99 Å². The number of hydrogen-bond donors (Lipinski definition) is 1. The molecular formula is C18H21N3O4S. The third kappa shape index (κ3) is 3.24. The Kier molecular flexibility index (Phi) is 5.12. The first kappa shape index (κ1) is 18.5. The van der Waals surface area contributed by atoms with Gasteiger partial charge in [-0.2, -0.15) is 5.26 Å². The van der Waals surface area contributed by atoms with Crippen LogP contribution in [-0.2, 0) is 4.74 Å². The van der Waals surface area contributed by atoms with E-state index in [1.807, 2.05) is 24.9 Å². The first-order chi connectivity index (χ1) is 12.4. The maximum absolute atomic E-state index is 12.1. The largest absolute Gasteiger partial charge is 0.485 e. The zero-order valence-electron chi connectivity index (χ0n) is 14.9. The number of esters is 1. The minimum Gasteiger partial charge on any atom is -0.485 e. The Labute approximate surface area is 156 Å². The van der Waals surface area contributed by atoms with Crippen LogP contribution in [0.2, 0.25) is 0 Å². The topological polar surface area (TPSA) is 95.2 Å². The van der Waals surface area contributed by atoms with Crippen LogP contribution in [-0.4, -0.2) is 51.8 Å². The SMILES string of the molecule is CCOC(=O)c1ccc2c(c1)C(N1CCSC1=NC#N)C(O)C(C)(C)O2. The van der Waals surface area contributed by atoms with Crippen molar-refractivity contribution >= 4 is 22.9 Å². The third-order valence-electron chi connectivity index (χ3n) is 4.51. The third-order valence-corrected chi connectivity index (χ3v) is 5.49. The van der Waals surface area contributed by atoms with E-state index in [9.17, 15) is 9.90 Å². The van der Waals surface area contributed by atoms with Gasteiger partial charge in [0.15, 0.2) is 5.17 Å². The van der Waals surface area contributed by atoms with Crippen LogP contribution in [0.3, 0.4) is 0 Å². The predicted octanol–water partition coefficient (Wildman–Crippen LogP) is 2.32. The zero-order chi connectivity index (χ0) is 18.9. The second-order valence-corrected chi connectivity index (χ2v) is 7.67. The fraction of sp³-hybridized carbons (Fsp3) is 0.500. The fourth-order valence-corrected chi connectivity index (χ4v) is 4.20. The monoisotopic (exact) mass is 375 g/mol. The lowest BCUT2D eigenvalue weighted by atomic mass is 9.85. The molecule has 1 fully saturated rings. The lowest BCUT2D eigenvalue weighted by molar-refractivity contribution is -0.0800. The highest BCUT2D eigenvalue weighted by Crippen LogP contribution is 2.45. The fourth-order valence-electron chi connectivity index (χ4n) is 3.26. The average molecular weight is 375 g/mol. The van der Waals surface area contributed by atoms with Crippen molar-refractivity contribution in [3.05, 3.63) is 29.3 Å². The van der Waals surface area contributed by atoms with E-state index in [1.54, 1.807) is 25.1 Å². The number of hydrogen-bond acceptors (Lipinski definition) is 7. The highest BCUT2D eigenvalue weighted by molar-refractivity contribution is 8.14. The molecule has 0 radical (unpaired) electrons. The van der Waals surface area contributed by atoms with E-state index in [-0.39, 0.29) is 6.61 Å². The molecule has 1 aromatic carbocycles. The molecular weight excluding hydrogens is 354 g/mol. The molecule has 0 amide bonds. The number of amidine groups is 1. The molecule has 0 saturated carbocycles. The minimum absolute atomic E-state index is 0.285. The zero-order valence-corrected chi connectivity index (χ0v) is 15.7. The highest BCUT2D eigenvalue weighted by atomic mass is 32.2. The summed E-state index contributed by atoms with van der Waals surface area (Å²) in [5, 5.41) is 20.5. The van der Waals surface area contributed by atoms with E-state index in [4.69, 9.17) is 14.7 Å². The molecule has 0 aromatic heterocycles. The first-order valence-corrected chi connectivity index (χ1v) is 9.42. The molecule has 1 aromatic rings. The average Bonchev–Trinajstić information content (AvgIpc) is 3.04. The number of aliphatic hydroxyl groups excluding tert-OH is 1. The Bertz CT molecular complexity index is 787. The van der Waals surface area contributed by atoms with Crippen molar-refractivity contribution < 1.29 is 19.4 Å². The van der Waals surface area contributed by atoms with Crippen LogP contribution in [0.5, 0.6) is 5.75 Å². The number of nitrogens with zero attached hydrogens (tertiary/aromatic N) is 3. The molecule has 26 heavy (non-hydrogen) atoms. The summed E-state index contributed by atoms with van der Waals surface area (Å²) in [4.78, 5) is 17.9. The Hall–Kier alpha value is -2.24. The van der Waals surface area contributed by atoms with Gasteiger partial charge in [-0.05, 0) is 39.0 Å². The van der Waals surface area contributed by atoms with E-state index in [0.717, 1.165) is 5.75 Å². The van der Waals surface area contributed by atoms with Crippen LogP contribution >= 0.6 is 11.8 Å². The molecule has 0 aliphatic carbocycles. The number of benzene rings is 1. The summed E-state index contributed by atoms with van der Waals surface area (Å²) < 4.78 is 11.1. The molecule has 8 heteroatoms. The highest BCUT2D eigenvalue weighted by Gasteiger charge is 2.47. The maximum atomic E-state index is 12.1. The van der Waals surface area contributed by atoms with Gasteiger partial charge in [0.05, 0.1) is 18.2 Å². The number of carbonyl (C=O) groups is 1. The lowest BCUT2D eigenvalue weighted by Gasteiger charge is -2.45. The number of aliphatic hydroxyl groups is 1. The molecule has 2 aliphatic heterocycles. The standard InChI is InChI=1S/C18H21N3O4S/c1-4-24-16(23)11-5-6-13-12(9-11)14(15(22)18(2,3)25-13)21-7-8-26-17(21)20-10-19/h5-6,9,14-15,22H,4,7-8H2,1-3H3. The summed E-state index contributed by atoms with van der Waals surface area (Å²) in [6.07, 6.45) is 0.957. The number of aliphatic imine (C=N–C) groups is 1. The number of ether oxygens (including phenoxy) is 2. The van der Waals surface area contributed by atoms with E-state index in [2.05, 4.69) is 4.99 Å². The van der Waals surface area contributed by atoms with Gasteiger partial charge in [-0.3, -0.25) is 0 Å². The summed E-state index contributed by atoms with van der Waals surface area (Å²) >= 11 is 1.47. The molecule has 0 spiro atoms. The van der Waals surface area contributed by atoms with Gasteiger partial charge in [0.2, 0.25) is 6.19 Å². The van der Waals surface area contributed by atoms with Gasteiger partial charge in [-0.25, -0.2) is 4.79 Å². The van der Waals surface area contributed by atoms with E-state index >= 15 is 0 Å². The van der Waals surface area contributed by atoms with Crippen LogP contribution in [0.15, 0.2) is 23.2 Å². The van der Waals surface area contributed by atoms with E-state index in [0.29, 0.717) is 28.6 Å². The van der Waals surface area contributed by atoms with E-state index < -0.39 is 23.7 Å². The smallest absolute Gasteiger partial charge is 0.338 e. The van der Waals surface area contributed by atoms with Crippen LogP contribution in [0, 0.1) is 11.5 Å². The summed E-state index contributed by atoms with van der Waals surface area (Å²) in [5.74, 6) is 0.958. The van der Waals surface area contributed by atoms with Gasteiger partial charge in [0.25, 0.3) is 0 Å². The number of carbonyl (C=O) groups excluding carboxylic acids is 1. The van der Waals surface area contributed by atoms with Crippen molar-refractivity contribution in [2.24, 2.45) is 4.99 Å². The summed E-state index contributed by atoms with van der Waals surface area (Å²) in [5.41, 5.74) is 0.265. The molecule has 1 saturated heterocycles. The van der Waals surface area contributed by atoms with E-state index in [1.165, 1.54) is 11.8 Å². The Morgan fingerprint density at radius 2 is 2.35 bits per heavy atom.